The van der Waals surface area contributed by atoms with E-state index < -0.39 is 29.5 Å². The lowest BCUT2D eigenvalue weighted by molar-refractivity contribution is -0.149. The van der Waals surface area contributed by atoms with Crippen molar-refractivity contribution in [3.05, 3.63) is 0 Å². The van der Waals surface area contributed by atoms with Crippen molar-refractivity contribution in [1.29, 1.82) is 0 Å². The summed E-state index contributed by atoms with van der Waals surface area (Å²) >= 11 is 1.54. The molecule has 1 unspecified atom stereocenters. The van der Waals surface area contributed by atoms with Crippen LogP contribution >= 0.6 is 11.8 Å². The van der Waals surface area contributed by atoms with Crippen LogP contribution in [0.5, 0.6) is 0 Å². The van der Waals surface area contributed by atoms with Gasteiger partial charge in [-0.15, -0.1) is 0 Å². The van der Waals surface area contributed by atoms with Crippen LogP contribution in [-0.4, -0.2) is 46.6 Å². The fraction of sp³-hybridized carbons (Fsp3) is 0.769. The topological polar surface area (TPSA) is 122 Å². The first-order valence-corrected chi connectivity index (χ1v) is 8.41. The Kier molecular flexibility index (Phi) is 6.80. The highest BCUT2D eigenvalue weighted by molar-refractivity contribution is 7.98. The largest absolute Gasteiger partial charge is 0.480 e. The molecule has 21 heavy (non-hydrogen) atoms. The maximum Gasteiger partial charge on any atom is 0.329 e. The van der Waals surface area contributed by atoms with Crippen LogP contribution in [0.25, 0.3) is 0 Å². The zero-order valence-corrected chi connectivity index (χ0v) is 13.0. The fourth-order valence-corrected chi connectivity index (χ4v) is 3.02. The summed E-state index contributed by atoms with van der Waals surface area (Å²) in [5, 5.41) is 14.5. The first-order valence-electron chi connectivity index (χ1n) is 7.01. The molecule has 1 rings (SSSR count). The van der Waals surface area contributed by atoms with Gasteiger partial charge in [0.15, 0.2) is 0 Å². The maximum atomic E-state index is 12.3. The van der Waals surface area contributed by atoms with Crippen LogP contribution in [0.1, 0.15) is 38.5 Å². The standard InChI is InChI=1S/C13H23N3O4S/c1-21-8-5-9(15-12(14)20)10(17)16-13(11(18)19)6-3-2-4-7-13/h9H,2-8H2,1H3,(H,16,17)(H,18,19)(H3,14,15,20). The van der Waals surface area contributed by atoms with E-state index in [0.717, 1.165) is 19.3 Å². The lowest BCUT2D eigenvalue weighted by atomic mass is 9.81. The third kappa shape index (κ3) is 5.11. The summed E-state index contributed by atoms with van der Waals surface area (Å²) in [6.45, 7) is 0. The number of amides is 3. The molecule has 7 nitrogen and oxygen atoms in total. The van der Waals surface area contributed by atoms with Gasteiger partial charge in [-0.3, -0.25) is 4.79 Å². The van der Waals surface area contributed by atoms with Gasteiger partial charge in [-0.1, -0.05) is 19.3 Å². The van der Waals surface area contributed by atoms with Crippen LogP contribution in [0.3, 0.4) is 0 Å². The smallest absolute Gasteiger partial charge is 0.329 e. The zero-order valence-electron chi connectivity index (χ0n) is 12.2. The Morgan fingerprint density at radius 1 is 1.29 bits per heavy atom. The Hall–Kier alpha value is -1.44. The molecule has 0 heterocycles. The highest BCUT2D eigenvalue weighted by Gasteiger charge is 2.42. The molecule has 0 saturated heterocycles. The van der Waals surface area contributed by atoms with E-state index in [4.69, 9.17) is 5.73 Å². The molecule has 0 radical (unpaired) electrons. The van der Waals surface area contributed by atoms with Crippen molar-refractivity contribution in [2.24, 2.45) is 5.73 Å². The average molecular weight is 317 g/mol. The summed E-state index contributed by atoms with van der Waals surface area (Å²) in [5.41, 5.74) is 3.86. The number of hydrogen-bond donors (Lipinski definition) is 4. The number of carbonyl (C=O) groups excluding carboxylic acids is 2. The zero-order chi connectivity index (χ0) is 15.9. The van der Waals surface area contributed by atoms with Crippen LogP contribution in [0.15, 0.2) is 0 Å². The number of urea groups is 1. The minimum Gasteiger partial charge on any atom is -0.480 e. The van der Waals surface area contributed by atoms with Crippen LogP contribution in [0.4, 0.5) is 4.79 Å². The van der Waals surface area contributed by atoms with Gasteiger partial charge in [0.2, 0.25) is 5.91 Å². The number of hydrogen-bond acceptors (Lipinski definition) is 4. The van der Waals surface area contributed by atoms with E-state index >= 15 is 0 Å². The summed E-state index contributed by atoms with van der Waals surface area (Å²) in [6.07, 6.45) is 5.64. The molecule has 0 aliphatic heterocycles. The first-order chi connectivity index (χ1) is 9.91. The molecule has 1 atom stereocenters. The Balaban J connectivity index is 2.76. The van der Waals surface area contributed by atoms with Gasteiger partial charge in [0.05, 0.1) is 0 Å². The fourth-order valence-electron chi connectivity index (χ4n) is 2.55. The lowest BCUT2D eigenvalue weighted by Gasteiger charge is -2.35. The molecule has 3 amide bonds. The Labute approximate surface area is 128 Å². The molecule has 0 bridgehead atoms. The molecule has 8 heteroatoms. The minimum absolute atomic E-state index is 0.408. The van der Waals surface area contributed by atoms with Crippen molar-refractivity contribution >= 4 is 29.7 Å². The third-order valence-corrected chi connectivity index (χ3v) is 4.37. The molecule has 1 saturated carbocycles. The number of primary amides is 1. The summed E-state index contributed by atoms with van der Waals surface area (Å²) < 4.78 is 0. The predicted octanol–water partition coefficient (Wildman–Crippen LogP) is 0.680. The number of nitrogens with two attached hydrogens (primary N) is 1. The molecule has 5 N–H and O–H groups in total. The second-order valence-electron chi connectivity index (χ2n) is 5.28. The Bertz CT molecular complexity index is 397. The van der Waals surface area contributed by atoms with E-state index in [1.54, 1.807) is 0 Å². The number of rotatable bonds is 7. The van der Waals surface area contributed by atoms with Gasteiger partial charge in [-0.25, -0.2) is 9.59 Å². The normalized spacial score (nSPS) is 18.5. The monoisotopic (exact) mass is 317 g/mol. The van der Waals surface area contributed by atoms with E-state index in [1.807, 2.05) is 6.26 Å². The highest BCUT2D eigenvalue weighted by atomic mass is 32.2. The van der Waals surface area contributed by atoms with Crippen molar-refractivity contribution in [3.8, 4) is 0 Å². The van der Waals surface area contributed by atoms with Gasteiger partial charge in [0.25, 0.3) is 0 Å². The summed E-state index contributed by atoms with van der Waals surface area (Å²) in [4.78, 5) is 34.8. The maximum absolute atomic E-state index is 12.3. The summed E-state index contributed by atoms with van der Waals surface area (Å²) in [5.74, 6) is -0.830. The first kappa shape index (κ1) is 17.6. The second kappa shape index (κ2) is 8.11. The molecule has 0 spiro atoms. The molecule has 1 aliphatic carbocycles. The van der Waals surface area contributed by atoms with Crippen molar-refractivity contribution < 1.29 is 19.5 Å². The molecular formula is C13H23N3O4S. The van der Waals surface area contributed by atoms with Crippen molar-refractivity contribution in [2.75, 3.05) is 12.0 Å². The quantitative estimate of drug-likeness (QED) is 0.550. The van der Waals surface area contributed by atoms with Gasteiger partial charge in [-0.2, -0.15) is 11.8 Å². The minimum atomic E-state index is -1.22. The molecule has 0 aromatic rings. The SMILES string of the molecule is CSCCC(NC(N)=O)C(=O)NC1(C(=O)O)CCCCC1. The lowest BCUT2D eigenvalue weighted by Crippen LogP contribution is -2.60. The van der Waals surface area contributed by atoms with E-state index in [9.17, 15) is 19.5 Å². The van der Waals surface area contributed by atoms with Crippen LogP contribution in [0.2, 0.25) is 0 Å². The number of nitrogens with one attached hydrogen (secondary N) is 2. The van der Waals surface area contributed by atoms with Gasteiger partial charge in [0, 0.05) is 0 Å². The van der Waals surface area contributed by atoms with E-state index in [1.165, 1.54) is 11.8 Å². The predicted molar refractivity (Wildman–Crippen MR) is 81.1 cm³/mol. The van der Waals surface area contributed by atoms with E-state index in [0.29, 0.717) is 25.0 Å². The molecule has 1 aliphatic rings. The van der Waals surface area contributed by atoms with Gasteiger partial charge < -0.3 is 21.5 Å². The van der Waals surface area contributed by atoms with Gasteiger partial charge in [-0.05, 0) is 31.3 Å². The summed E-state index contributed by atoms with van der Waals surface area (Å²) in [6, 6.07) is -1.59. The molecular weight excluding hydrogens is 294 g/mol. The van der Waals surface area contributed by atoms with E-state index in [2.05, 4.69) is 10.6 Å². The number of carboxylic acid groups (broad SMARTS) is 1. The summed E-state index contributed by atoms with van der Waals surface area (Å²) in [7, 11) is 0. The van der Waals surface area contributed by atoms with Crippen molar-refractivity contribution in [3.63, 3.8) is 0 Å². The van der Waals surface area contributed by atoms with Gasteiger partial charge >= 0.3 is 12.0 Å². The highest BCUT2D eigenvalue weighted by Crippen LogP contribution is 2.28. The molecule has 0 aromatic carbocycles. The average Bonchev–Trinajstić information content (AvgIpc) is 2.43. The van der Waals surface area contributed by atoms with Crippen molar-refractivity contribution in [2.45, 2.75) is 50.1 Å². The molecule has 120 valence electrons. The second-order valence-corrected chi connectivity index (χ2v) is 6.27. The Morgan fingerprint density at radius 2 is 1.90 bits per heavy atom. The number of carbonyl (C=O) groups is 3. The number of carboxylic acids is 1. The Morgan fingerprint density at radius 3 is 2.38 bits per heavy atom. The third-order valence-electron chi connectivity index (χ3n) is 3.72. The molecule has 0 aromatic heterocycles. The van der Waals surface area contributed by atoms with Crippen molar-refractivity contribution in [1.82, 2.24) is 10.6 Å². The van der Waals surface area contributed by atoms with Crippen LogP contribution in [-0.2, 0) is 9.59 Å². The number of thioether (sulfide) groups is 1. The van der Waals surface area contributed by atoms with Crippen LogP contribution < -0.4 is 16.4 Å². The van der Waals surface area contributed by atoms with Gasteiger partial charge in [0.1, 0.15) is 11.6 Å². The van der Waals surface area contributed by atoms with E-state index in [-0.39, 0.29) is 0 Å². The molecule has 1 fully saturated rings. The number of aliphatic carboxylic acids is 1. The van der Waals surface area contributed by atoms with Crippen LogP contribution in [0, 0.1) is 0 Å².